The topological polar surface area (TPSA) is 58.6 Å². The van der Waals surface area contributed by atoms with Crippen molar-refractivity contribution in [3.8, 4) is 16.9 Å². The molecular weight excluding hydrogens is 396 g/mol. The Morgan fingerprint density at radius 3 is 2.54 bits per heavy atom. The molecule has 6 nitrogen and oxygen atoms in total. The van der Waals surface area contributed by atoms with Crippen LogP contribution in [0.3, 0.4) is 0 Å². The summed E-state index contributed by atoms with van der Waals surface area (Å²) in [5.41, 5.74) is 2.17. The van der Waals surface area contributed by atoms with E-state index < -0.39 is 0 Å². The summed E-state index contributed by atoms with van der Waals surface area (Å²) in [4.78, 5) is 25.5. The maximum absolute atomic E-state index is 11.6. The van der Waals surface area contributed by atoms with Crippen molar-refractivity contribution in [2.45, 2.75) is 13.8 Å². The molecule has 4 rings (SSSR count). The fourth-order valence-electron chi connectivity index (χ4n) is 3.47. The van der Waals surface area contributed by atoms with Crippen molar-refractivity contribution in [1.29, 1.82) is 0 Å². The number of fused-ring (bicyclic) bond motifs is 1. The Hall–Kier alpha value is -2.38. The van der Waals surface area contributed by atoms with Crippen LogP contribution in [0.1, 0.15) is 13.8 Å². The number of anilines is 1. The molecule has 0 N–H and O–H groups in total. The van der Waals surface area contributed by atoms with Crippen LogP contribution in [0.2, 0.25) is 5.28 Å². The molecule has 3 heterocycles. The highest BCUT2D eigenvalue weighted by molar-refractivity contribution is 7.17. The molecule has 1 saturated heterocycles. The van der Waals surface area contributed by atoms with Crippen molar-refractivity contribution in [3.05, 3.63) is 34.9 Å². The summed E-state index contributed by atoms with van der Waals surface area (Å²) in [6, 6.07) is 8.06. The molecule has 28 heavy (non-hydrogen) atoms. The number of halogens is 1. The zero-order valence-electron chi connectivity index (χ0n) is 15.8. The van der Waals surface area contributed by atoms with Crippen LogP contribution in [-0.2, 0) is 4.79 Å². The van der Waals surface area contributed by atoms with E-state index in [0.29, 0.717) is 19.7 Å². The van der Waals surface area contributed by atoms with Gasteiger partial charge in [-0.25, -0.2) is 4.98 Å². The second-order valence-electron chi connectivity index (χ2n) is 6.60. The first-order valence-corrected chi connectivity index (χ1v) is 10.5. The van der Waals surface area contributed by atoms with Crippen molar-refractivity contribution >= 4 is 44.9 Å². The molecule has 0 bridgehead atoms. The van der Waals surface area contributed by atoms with Crippen LogP contribution in [0.5, 0.6) is 5.75 Å². The molecule has 0 radical (unpaired) electrons. The smallest absolute Gasteiger partial charge is 0.225 e. The van der Waals surface area contributed by atoms with E-state index in [1.54, 1.807) is 18.3 Å². The summed E-state index contributed by atoms with van der Waals surface area (Å²) in [5, 5.41) is 3.35. The largest absolute Gasteiger partial charge is 0.494 e. The number of benzene rings is 1. The highest BCUT2D eigenvalue weighted by Crippen LogP contribution is 2.39. The standard InChI is InChI=1S/C20H21ClN4O2S/c1-3-27-15-6-4-14(5-7-15)16-12-28-19-17(16)18(22-20(21)23-19)25-10-8-24(9-11-25)13(2)26/h4-7,12H,3,8-11H2,1-2H3. The zero-order chi connectivity index (χ0) is 19.7. The number of carbonyl (C=O) groups excluding carboxylic acids is 1. The Bertz CT molecular complexity index is 997. The van der Waals surface area contributed by atoms with Crippen molar-refractivity contribution in [1.82, 2.24) is 14.9 Å². The first kappa shape index (κ1) is 19.0. The first-order valence-electron chi connectivity index (χ1n) is 9.25. The van der Waals surface area contributed by atoms with Gasteiger partial charge in [0.15, 0.2) is 0 Å². The second-order valence-corrected chi connectivity index (χ2v) is 7.79. The van der Waals surface area contributed by atoms with Crippen molar-refractivity contribution in [2.75, 3.05) is 37.7 Å². The highest BCUT2D eigenvalue weighted by Gasteiger charge is 2.24. The predicted molar refractivity (Wildman–Crippen MR) is 113 cm³/mol. The number of hydrogen-bond acceptors (Lipinski definition) is 6. The van der Waals surface area contributed by atoms with E-state index in [-0.39, 0.29) is 11.2 Å². The number of hydrogen-bond donors (Lipinski definition) is 0. The number of ether oxygens (including phenoxy) is 1. The molecule has 1 aliphatic heterocycles. The van der Waals surface area contributed by atoms with E-state index in [4.69, 9.17) is 16.3 Å². The molecule has 0 spiro atoms. The van der Waals surface area contributed by atoms with Crippen LogP contribution < -0.4 is 9.64 Å². The molecule has 1 amide bonds. The molecule has 0 atom stereocenters. The van der Waals surface area contributed by atoms with Gasteiger partial charge in [-0.05, 0) is 36.2 Å². The molecular formula is C20H21ClN4O2S. The minimum Gasteiger partial charge on any atom is -0.494 e. The average molecular weight is 417 g/mol. The summed E-state index contributed by atoms with van der Waals surface area (Å²) in [7, 11) is 0. The molecule has 0 saturated carbocycles. The van der Waals surface area contributed by atoms with Gasteiger partial charge in [-0.2, -0.15) is 4.98 Å². The van der Waals surface area contributed by atoms with Gasteiger partial charge in [0.05, 0.1) is 12.0 Å². The monoisotopic (exact) mass is 416 g/mol. The highest BCUT2D eigenvalue weighted by atomic mass is 35.5. The predicted octanol–water partition coefficient (Wildman–Crippen LogP) is 4.08. The molecule has 3 aromatic rings. The summed E-state index contributed by atoms with van der Waals surface area (Å²) in [6.45, 7) is 7.03. The second kappa shape index (κ2) is 7.93. The SMILES string of the molecule is CCOc1ccc(-c2csc3nc(Cl)nc(N4CCN(C(C)=O)CC4)c23)cc1. The third-order valence-corrected chi connectivity index (χ3v) is 5.93. The van der Waals surface area contributed by atoms with E-state index in [1.165, 1.54) is 0 Å². The zero-order valence-corrected chi connectivity index (χ0v) is 17.4. The lowest BCUT2D eigenvalue weighted by molar-refractivity contribution is -0.129. The van der Waals surface area contributed by atoms with Crippen LogP contribution in [0, 0.1) is 0 Å². The lowest BCUT2D eigenvalue weighted by Crippen LogP contribution is -2.48. The molecule has 1 fully saturated rings. The molecule has 1 aromatic carbocycles. The van der Waals surface area contributed by atoms with Gasteiger partial charge in [0.1, 0.15) is 16.4 Å². The number of aromatic nitrogens is 2. The Morgan fingerprint density at radius 2 is 1.89 bits per heavy atom. The van der Waals surface area contributed by atoms with E-state index in [2.05, 4.69) is 32.4 Å². The fourth-order valence-corrected chi connectivity index (χ4v) is 4.63. The minimum absolute atomic E-state index is 0.108. The molecule has 2 aromatic heterocycles. The molecule has 8 heteroatoms. The van der Waals surface area contributed by atoms with Gasteiger partial charge >= 0.3 is 0 Å². The summed E-state index contributed by atoms with van der Waals surface area (Å²) in [5.74, 6) is 1.80. The van der Waals surface area contributed by atoms with E-state index in [1.807, 2.05) is 24.0 Å². The van der Waals surface area contributed by atoms with Crippen LogP contribution >= 0.6 is 22.9 Å². The maximum atomic E-state index is 11.6. The van der Waals surface area contributed by atoms with E-state index >= 15 is 0 Å². The van der Waals surface area contributed by atoms with Gasteiger partial charge < -0.3 is 14.5 Å². The van der Waals surface area contributed by atoms with Gasteiger partial charge in [0, 0.05) is 44.0 Å². The van der Waals surface area contributed by atoms with Crippen LogP contribution in [0.15, 0.2) is 29.6 Å². The van der Waals surface area contributed by atoms with Gasteiger partial charge in [0.2, 0.25) is 11.2 Å². The average Bonchev–Trinajstić information content (AvgIpc) is 3.12. The normalized spacial score (nSPS) is 14.5. The van der Waals surface area contributed by atoms with Gasteiger partial charge in [-0.1, -0.05) is 12.1 Å². The van der Waals surface area contributed by atoms with E-state index in [9.17, 15) is 4.79 Å². The van der Waals surface area contributed by atoms with Crippen molar-refractivity contribution in [3.63, 3.8) is 0 Å². The lowest BCUT2D eigenvalue weighted by Gasteiger charge is -2.35. The van der Waals surface area contributed by atoms with Gasteiger partial charge in [0.25, 0.3) is 0 Å². The number of nitrogens with zero attached hydrogens (tertiary/aromatic N) is 4. The summed E-state index contributed by atoms with van der Waals surface area (Å²) < 4.78 is 5.55. The van der Waals surface area contributed by atoms with Crippen LogP contribution in [-0.4, -0.2) is 53.6 Å². The molecule has 1 aliphatic rings. The lowest BCUT2D eigenvalue weighted by atomic mass is 10.1. The molecule has 0 unspecified atom stereocenters. The number of rotatable bonds is 4. The Kier molecular flexibility index (Phi) is 5.37. The number of piperazine rings is 1. The quantitative estimate of drug-likeness (QED) is 0.600. The third kappa shape index (κ3) is 3.64. The summed E-state index contributed by atoms with van der Waals surface area (Å²) in [6.07, 6.45) is 0. The number of carbonyl (C=O) groups is 1. The van der Waals surface area contributed by atoms with Gasteiger partial charge in [-0.15, -0.1) is 11.3 Å². The van der Waals surface area contributed by atoms with Crippen molar-refractivity contribution in [2.24, 2.45) is 0 Å². The third-order valence-electron chi connectivity index (χ3n) is 4.89. The summed E-state index contributed by atoms with van der Waals surface area (Å²) >= 11 is 7.77. The van der Waals surface area contributed by atoms with Crippen LogP contribution in [0.25, 0.3) is 21.3 Å². The Labute approximate surface area is 172 Å². The minimum atomic E-state index is 0.108. The Balaban J connectivity index is 1.73. The Morgan fingerprint density at radius 1 is 1.18 bits per heavy atom. The van der Waals surface area contributed by atoms with Crippen LogP contribution in [0.4, 0.5) is 5.82 Å². The first-order chi connectivity index (χ1) is 13.6. The number of thiophene rings is 1. The molecule has 146 valence electrons. The van der Waals surface area contributed by atoms with Gasteiger partial charge in [-0.3, -0.25) is 4.79 Å². The van der Waals surface area contributed by atoms with Crippen molar-refractivity contribution < 1.29 is 9.53 Å². The fraction of sp³-hybridized carbons (Fsp3) is 0.350. The number of amides is 1. The molecule has 0 aliphatic carbocycles. The van der Waals surface area contributed by atoms with E-state index in [0.717, 1.165) is 46.0 Å². The maximum Gasteiger partial charge on any atom is 0.225 e.